The number of hydrogen-bond donors (Lipinski definition) is 2. The van der Waals surface area contributed by atoms with Crippen LogP contribution in [0.5, 0.6) is 0 Å². The summed E-state index contributed by atoms with van der Waals surface area (Å²) in [5, 5.41) is 11.6. The van der Waals surface area contributed by atoms with Crippen molar-refractivity contribution >= 4 is 23.6 Å². The molecule has 7 nitrogen and oxygen atoms in total. The van der Waals surface area contributed by atoms with Crippen LogP contribution in [0.15, 0.2) is 12.7 Å². The average molecular weight is 324 g/mol. The Morgan fingerprint density at radius 2 is 2.04 bits per heavy atom. The van der Waals surface area contributed by atoms with Gasteiger partial charge in [-0.05, 0) is 12.3 Å². The van der Waals surface area contributed by atoms with Crippen molar-refractivity contribution in [3.8, 4) is 0 Å². The predicted molar refractivity (Wildman–Crippen MR) is 83.6 cm³/mol. The molecule has 1 saturated heterocycles. The summed E-state index contributed by atoms with van der Waals surface area (Å²) in [5.41, 5.74) is 0. The summed E-state index contributed by atoms with van der Waals surface area (Å²) in [6.07, 6.45) is 1.82. The molecule has 0 aromatic heterocycles. The van der Waals surface area contributed by atoms with Crippen LogP contribution in [-0.4, -0.2) is 52.2 Å². The highest BCUT2D eigenvalue weighted by Gasteiger charge is 2.35. The van der Waals surface area contributed by atoms with E-state index in [1.54, 1.807) is 0 Å². The van der Waals surface area contributed by atoms with Crippen molar-refractivity contribution in [2.75, 3.05) is 6.54 Å². The molecule has 2 atom stereocenters. The van der Waals surface area contributed by atoms with Crippen molar-refractivity contribution in [2.45, 2.75) is 51.6 Å². The molecule has 0 aliphatic carbocycles. The summed E-state index contributed by atoms with van der Waals surface area (Å²) in [4.78, 5) is 48.6. The predicted octanol–water partition coefficient (Wildman–Crippen LogP) is 0.738. The number of Topliss-reactive ketones (excluding diaryl/α,β-unsaturated/α-hetero) is 1. The topological polar surface area (TPSA) is 104 Å². The maximum atomic E-state index is 12.1. The lowest BCUT2D eigenvalue weighted by Gasteiger charge is -2.33. The van der Waals surface area contributed by atoms with Gasteiger partial charge in [0.25, 0.3) is 0 Å². The summed E-state index contributed by atoms with van der Waals surface area (Å²) in [6.45, 7) is 7.46. The van der Waals surface area contributed by atoms with Crippen molar-refractivity contribution in [2.24, 2.45) is 5.92 Å². The lowest BCUT2D eigenvalue weighted by Crippen LogP contribution is -2.52. The van der Waals surface area contributed by atoms with Crippen LogP contribution >= 0.6 is 0 Å². The number of likely N-dealkylation sites (tertiary alicyclic amines) is 1. The molecule has 0 aromatic rings. The van der Waals surface area contributed by atoms with Crippen LogP contribution in [0.2, 0.25) is 0 Å². The first kappa shape index (κ1) is 18.9. The standard InChI is InChI=1S/C16H24N2O5/c1-4-7-18-12(13(19)5-6-15(18)21)9-14(20)17-11(16(22)23)8-10(2)3/h4,10-12H,1,5-9H2,2-3H3,(H,17,20)(H,22,23)/t11-,12?/m0/s1. The number of aliphatic carboxylic acids is 1. The third kappa shape index (κ3) is 5.50. The van der Waals surface area contributed by atoms with Crippen LogP contribution < -0.4 is 5.32 Å². The van der Waals surface area contributed by atoms with Gasteiger partial charge in [-0.1, -0.05) is 19.9 Å². The average Bonchev–Trinajstić information content (AvgIpc) is 2.45. The lowest BCUT2D eigenvalue weighted by molar-refractivity contribution is -0.147. The van der Waals surface area contributed by atoms with E-state index < -0.39 is 24.0 Å². The van der Waals surface area contributed by atoms with E-state index in [4.69, 9.17) is 5.11 Å². The first-order valence-corrected chi connectivity index (χ1v) is 7.71. The molecule has 2 amide bonds. The summed E-state index contributed by atoms with van der Waals surface area (Å²) >= 11 is 0. The number of ketones is 1. The number of carboxylic acids is 1. The molecule has 0 spiro atoms. The fourth-order valence-electron chi connectivity index (χ4n) is 2.60. The number of amides is 2. The highest BCUT2D eigenvalue weighted by Crippen LogP contribution is 2.18. The third-order valence-corrected chi connectivity index (χ3v) is 3.70. The summed E-state index contributed by atoms with van der Waals surface area (Å²) in [5.74, 6) is -1.93. The van der Waals surface area contributed by atoms with Crippen LogP contribution in [0.3, 0.4) is 0 Å². The molecule has 1 rings (SSSR count). The van der Waals surface area contributed by atoms with Crippen LogP contribution in [-0.2, 0) is 19.2 Å². The number of hydrogen-bond acceptors (Lipinski definition) is 4. The Kier molecular flexibility index (Phi) is 6.93. The number of rotatable bonds is 8. The normalized spacial score (nSPS) is 19.6. The molecule has 1 aliphatic rings. The maximum absolute atomic E-state index is 12.1. The fourth-order valence-corrected chi connectivity index (χ4v) is 2.60. The molecule has 0 aromatic carbocycles. The number of nitrogens with one attached hydrogen (secondary N) is 1. The van der Waals surface area contributed by atoms with Gasteiger partial charge in [-0.3, -0.25) is 14.4 Å². The SMILES string of the molecule is C=CCN1C(=O)CCC(=O)C1CC(=O)N[C@@H](CC(C)C)C(=O)O. The molecular formula is C16H24N2O5. The molecule has 1 aliphatic heterocycles. The first-order chi connectivity index (χ1) is 10.8. The van der Waals surface area contributed by atoms with Gasteiger partial charge in [-0.15, -0.1) is 6.58 Å². The van der Waals surface area contributed by atoms with E-state index in [1.807, 2.05) is 13.8 Å². The summed E-state index contributed by atoms with van der Waals surface area (Å²) < 4.78 is 0. The van der Waals surface area contributed by atoms with Gasteiger partial charge in [0.1, 0.15) is 6.04 Å². The van der Waals surface area contributed by atoms with E-state index in [0.29, 0.717) is 6.42 Å². The minimum atomic E-state index is -1.11. The molecule has 0 saturated carbocycles. The van der Waals surface area contributed by atoms with Crippen LogP contribution in [0.1, 0.15) is 39.5 Å². The minimum absolute atomic E-state index is 0.103. The fraction of sp³-hybridized carbons (Fsp3) is 0.625. The molecule has 23 heavy (non-hydrogen) atoms. The largest absolute Gasteiger partial charge is 0.480 e. The van der Waals surface area contributed by atoms with Gasteiger partial charge in [0, 0.05) is 19.4 Å². The third-order valence-electron chi connectivity index (χ3n) is 3.70. The molecule has 1 fully saturated rings. The Morgan fingerprint density at radius 3 is 2.57 bits per heavy atom. The van der Waals surface area contributed by atoms with Crippen LogP contribution in [0.4, 0.5) is 0 Å². The second kappa shape index (κ2) is 8.45. The molecule has 1 heterocycles. The maximum Gasteiger partial charge on any atom is 0.326 e. The van der Waals surface area contributed by atoms with Crippen molar-refractivity contribution in [3.05, 3.63) is 12.7 Å². The zero-order valence-corrected chi connectivity index (χ0v) is 13.6. The van der Waals surface area contributed by atoms with E-state index in [2.05, 4.69) is 11.9 Å². The Labute approximate surface area is 135 Å². The van der Waals surface area contributed by atoms with Crippen LogP contribution in [0, 0.1) is 5.92 Å². The van der Waals surface area contributed by atoms with Gasteiger partial charge in [0.2, 0.25) is 11.8 Å². The number of carbonyl (C=O) groups is 4. The number of piperidine rings is 1. The first-order valence-electron chi connectivity index (χ1n) is 7.71. The van der Waals surface area contributed by atoms with Gasteiger partial charge in [-0.25, -0.2) is 4.79 Å². The highest BCUT2D eigenvalue weighted by atomic mass is 16.4. The van der Waals surface area contributed by atoms with E-state index in [9.17, 15) is 19.2 Å². The second-order valence-corrected chi connectivity index (χ2v) is 6.11. The van der Waals surface area contributed by atoms with Gasteiger partial charge in [0.15, 0.2) is 5.78 Å². The van der Waals surface area contributed by atoms with Crippen molar-refractivity contribution < 1.29 is 24.3 Å². The van der Waals surface area contributed by atoms with Gasteiger partial charge in [-0.2, -0.15) is 0 Å². The Morgan fingerprint density at radius 1 is 1.39 bits per heavy atom. The molecule has 7 heteroatoms. The van der Waals surface area contributed by atoms with E-state index in [-0.39, 0.29) is 43.4 Å². The van der Waals surface area contributed by atoms with Crippen molar-refractivity contribution in [1.29, 1.82) is 0 Å². The number of carboxylic acid groups (broad SMARTS) is 1. The Balaban J connectivity index is 2.75. The zero-order chi connectivity index (χ0) is 17.6. The lowest BCUT2D eigenvalue weighted by atomic mass is 9.96. The number of nitrogens with zero attached hydrogens (tertiary/aromatic N) is 1. The van der Waals surface area contributed by atoms with E-state index in [0.717, 1.165) is 0 Å². The molecular weight excluding hydrogens is 300 g/mol. The second-order valence-electron chi connectivity index (χ2n) is 6.11. The van der Waals surface area contributed by atoms with E-state index >= 15 is 0 Å². The van der Waals surface area contributed by atoms with Gasteiger partial charge < -0.3 is 15.3 Å². The number of carbonyl (C=O) groups excluding carboxylic acids is 3. The zero-order valence-electron chi connectivity index (χ0n) is 13.6. The molecule has 2 N–H and O–H groups in total. The Bertz CT molecular complexity index is 501. The van der Waals surface area contributed by atoms with Crippen molar-refractivity contribution in [1.82, 2.24) is 10.2 Å². The summed E-state index contributed by atoms with van der Waals surface area (Å²) in [6, 6.07) is -1.84. The summed E-state index contributed by atoms with van der Waals surface area (Å²) in [7, 11) is 0. The molecule has 0 radical (unpaired) electrons. The quantitative estimate of drug-likeness (QED) is 0.641. The smallest absolute Gasteiger partial charge is 0.326 e. The molecule has 1 unspecified atom stereocenters. The van der Waals surface area contributed by atoms with Crippen LogP contribution in [0.25, 0.3) is 0 Å². The molecule has 128 valence electrons. The van der Waals surface area contributed by atoms with Gasteiger partial charge in [0.05, 0.1) is 12.5 Å². The minimum Gasteiger partial charge on any atom is -0.480 e. The Hall–Kier alpha value is -2.18. The monoisotopic (exact) mass is 324 g/mol. The molecule has 0 bridgehead atoms. The highest BCUT2D eigenvalue weighted by molar-refractivity contribution is 5.98. The van der Waals surface area contributed by atoms with Crippen molar-refractivity contribution in [3.63, 3.8) is 0 Å². The van der Waals surface area contributed by atoms with E-state index in [1.165, 1.54) is 11.0 Å². The van der Waals surface area contributed by atoms with Gasteiger partial charge >= 0.3 is 5.97 Å².